The first-order chi connectivity index (χ1) is 17.3. The molecule has 0 saturated heterocycles. The van der Waals surface area contributed by atoms with Crippen molar-refractivity contribution in [2.75, 3.05) is 7.11 Å². The van der Waals surface area contributed by atoms with Gasteiger partial charge in [0, 0.05) is 12.3 Å². The molecular weight excluding hydrogens is 493 g/mol. The van der Waals surface area contributed by atoms with Gasteiger partial charge in [0.15, 0.2) is 0 Å². The van der Waals surface area contributed by atoms with Gasteiger partial charge in [0.25, 0.3) is 8.68 Å². The second kappa shape index (κ2) is 11.0. The van der Waals surface area contributed by atoms with Gasteiger partial charge in [-0.3, -0.25) is 4.79 Å². The van der Waals surface area contributed by atoms with E-state index in [-0.39, 0.29) is 5.97 Å². The number of carbonyl (C=O) groups excluding carboxylic acids is 1. The molecule has 0 radical (unpaired) electrons. The molecule has 210 valence electrons. The number of methoxy groups -OCH3 is 1. The quantitative estimate of drug-likeness (QED) is 0.216. The molecule has 0 aromatic rings. The largest absolute Gasteiger partial charge is 0.547 e. The van der Waals surface area contributed by atoms with E-state index in [9.17, 15) is 9.26 Å². The number of rotatable bonds is 9. The molecule has 0 spiro atoms. The number of ether oxygens (including phenoxy) is 1. The van der Waals surface area contributed by atoms with Crippen molar-refractivity contribution in [2.45, 2.75) is 117 Å². The molecule has 0 N–H and O–H groups in total. The molecule has 37 heavy (non-hydrogen) atoms. The van der Waals surface area contributed by atoms with Gasteiger partial charge in [0.2, 0.25) is 8.32 Å². The molecule has 9 atom stereocenters. The van der Waals surface area contributed by atoms with Crippen LogP contribution >= 0.6 is 0 Å². The zero-order chi connectivity index (χ0) is 27.2. The van der Waals surface area contributed by atoms with E-state index in [0.717, 1.165) is 18.5 Å². The third-order valence-corrected chi connectivity index (χ3v) is 14.1. The van der Waals surface area contributed by atoms with Crippen LogP contribution in [0.25, 0.3) is 0 Å². The standard InChI is InChI=1S/C31H54O4Si2/c1-9-36(33)20-22-14-16-30(3)23(18-22)19-27(35-37(6,7)8)29-25-12-11-24(21(2)10-13-28(32)34-5)31(25,4)17-15-26(29)30/h19,21-26,29H,9-18,20H2,1-8H3/t21-,22+,23-,24?,25-,26-,29-,30-,31+/m0/s1. The maximum atomic E-state index is 12.5. The predicted molar refractivity (Wildman–Crippen MR) is 154 cm³/mol. The summed E-state index contributed by atoms with van der Waals surface area (Å²) in [6.07, 6.45) is 13.0. The summed E-state index contributed by atoms with van der Waals surface area (Å²) in [7, 11) is -1.67. The summed E-state index contributed by atoms with van der Waals surface area (Å²) in [6.45, 7) is 16.7. The van der Waals surface area contributed by atoms with Crippen LogP contribution in [0.5, 0.6) is 0 Å². The maximum absolute atomic E-state index is 12.5. The number of esters is 1. The van der Waals surface area contributed by atoms with Crippen molar-refractivity contribution >= 4 is 23.0 Å². The van der Waals surface area contributed by atoms with Gasteiger partial charge in [0.1, 0.15) is 0 Å². The van der Waals surface area contributed by atoms with Crippen LogP contribution in [0.1, 0.15) is 85.5 Å². The molecule has 3 fully saturated rings. The number of carbonyl (C=O) groups is 1. The molecule has 0 amide bonds. The van der Waals surface area contributed by atoms with Crippen molar-refractivity contribution in [1.29, 1.82) is 0 Å². The van der Waals surface area contributed by atoms with E-state index in [2.05, 4.69) is 53.4 Å². The van der Waals surface area contributed by atoms with Crippen LogP contribution in [0.4, 0.5) is 0 Å². The van der Waals surface area contributed by atoms with Crippen LogP contribution in [0.2, 0.25) is 31.7 Å². The molecule has 6 heteroatoms. The third-order valence-electron chi connectivity index (χ3n) is 11.5. The topological polar surface area (TPSA) is 52.6 Å². The van der Waals surface area contributed by atoms with Crippen molar-refractivity contribution in [3.05, 3.63) is 11.8 Å². The Hall–Kier alpha value is -0.756. The summed E-state index contributed by atoms with van der Waals surface area (Å²) in [5.74, 6) is 5.56. The number of hydrogen-bond acceptors (Lipinski definition) is 4. The molecule has 4 nitrogen and oxygen atoms in total. The van der Waals surface area contributed by atoms with E-state index in [1.807, 2.05) is 0 Å². The van der Waals surface area contributed by atoms with Crippen molar-refractivity contribution in [2.24, 2.45) is 52.3 Å². The molecule has 4 aliphatic rings. The summed E-state index contributed by atoms with van der Waals surface area (Å²) < 4.78 is 24.4. The second-order valence-corrected chi connectivity index (χ2v) is 21.3. The van der Waals surface area contributed by atoms with E-state index in [1.165, 1.54) is 57.8 Å². The summed E-state index contributed by atoms with van der Waals surface area (Å²) >= 11 is 0. The zero-order valence-corrected chi connectivity index (χ0v) is 27.0. The molecule has 0 aromatic heterocycles. The van der Waals surface area contributed by atoms with Gasteiger partial charge >= 0.3 is 5.97 Å². The van der Waals surface area contributed by atoms with Gasteiger partial charge in [-0.05, 0) is 136 Å². The predicted octanol–water partition coefficient (Wildman–Crippen LogP) is 8.25. The lowest BCUT2D eigenvalue weighted by Gasteiger charge is -2.60. The molecule has 0 bridgehead atoms. The van der Waals surface area contributed by atoms with Gasteiger partial charge in [-0.2, -0.15) is 0 Å². The first kappa shape index (κ1) is 29.2. The Morgan fingerprint density at radius 2 is 1.78 bits per heavy atom. The Morgan fingerprint density at radius 1 is 1.11 bits per heavy atom. The lowest BCUT2D eigenvalue weighted by Crippen LogP contribution is -2.54. The minimum absolute atomic E-state index is 0.0740. The first-order valence-electron chi connectivity index (χ1n) is 15.3. The molecule has 3 saturated carbocycles. The Balaban J connectivity index is 1.62. The Morgan fingerprint density at radius 3 is 2.43 bits per heavy atom. The number of fused-ring (bicyclic) bond motifs is 5. The van der Waals surface area contributed by atoms with E-state index in [0.29, 0.717) is 58.7 Å². The summed E-state index contributed by atoms with van der Waals surface area (Å²) in [5, 5.41) is 0. The number of allylic oxidation sites excluding steroid dienone is 2. The second-order valence-electron chi connectivity index (χ2n) is 14.7. The average Bonchev–Trinajstić information content (AvgIpc) is 3.19. The minimum atomic E-state index is -1.75. The SMILES string of the molecule is CC[Si](=O)C[C@@H]1CC[C@@]2(C)[C@H](C=C(O[Si](C)(C)C)[C@@H]3[C@@H]2CC[C@]2(C)C([C@@H](C)CCC(=O)OC)CC[C@@H]32)C1. The van der Waals surface area contributed by atoms with Gasteiger partial charge in [-0.1, -0.05) is 27.7 Å². The smallest absolute Gasteiger partial charge is 0.305 e. The van der Waals surface area contributed by atoms with E-state index < -0.39 is 17.0 Å². The molecule has 0 aromatic carbocycles. The average molecular weight is 547 g/mol. The zero-order valence-electron chi connectivity index (χ0n) is 25.0. The van der Waals surface area contributed by atoms with Crippen molar-refractivity contribution in [3.63, 3.8) is 0 Å². The van der Waals surface area contributed by atoms with Crippen LogP contribution in [0, 0.1) is 52.3 Å². The van der Waals surface area contributed by atoms with Gasteiger partial charge in [0.05, 0.1) is 12.9 Å². The number of hydrogen-bond donors (Lipinski definition) is 0. The van der Waals surface area contributed by atoms with Crippen molar-refractivity contribution in [3.8, 4) is 0 Å². The summed E-state index contributed by atoms with van der Waals surface area (Å²) in [5.41, 5.74) is 0.658. The van der Waals surface area contributed by atoms with Gasteiger partial charge in [-0.25, -0.2) is 0 Å². The highest BCUT2D eigenvalue weighted by atomic mass is 28.4. The molecule has 1 unspecified atom stereocenters. The summed E-state index contributed by atoms with van der Waals surface area (Å²) in [4.78, 5) is 11.9. The summed E-state index contributed by atoms with van der Waals surface area (Å²) in [6, 6.07) is 1.80. The van der Waals surface area contributed by atoms with Crippen LogP contribution in [-0.2, 0) is 18.4 Å². The maximum Gasteiger partial charge on any atom is 0.305 e. The minimum Gasteiger partial charge on any atom is -0.547 e. The molecule has 0 heterocycles. The van der Waals surface area contributed by atoms with E-state index in [4.69, 9.17) is 9.16 Å². The monoisotopic (exact) mass is 546 g/mol. The molecule has 0 aliphatic heterocycles. The first-order valence-corrected chi connectivity index (χ1v) is 20.5. The van der Waals surface area contributed by atoms with Gasteiger partial charge < -0.3 is 13.6 Å². The van der Waals surface area contributed by atoms with E-state index in [1.54, 1.807) is 0 Å². The molecule has 4 rings (SSSR count). The Bertz CT molecular complexity index is 894. The fourth-order valence-corrected chi connectivity index (χ4v) is 11.7. The Labute approximate surface area is 229 Å². The normalized spacial score (nSPS) is 40.1. The fraction of sp³-hybridized carbons (Fsp3) is 0.903. The van der Waals surface area contributed by atoms with E-state index >= 15 is 0 Å². The van der Waals surface area contributed by atoms with Crippen LogP contribution in [0.15, 0.2) is 11.8 Å². The van der Waals surface area contributed by atoms with Crippen molar-refractivity contribution in [1.82, 2.24) is 0 Å². The molecule has 4 aliphatic carbocycles. The highest BCUT2D eigenvalue weighted by Crippen LogP contribution is 2.69. The van der Waals surface area contributed by atoms with Crippen LogP contribution in [-0.4, -0.2) is 30.1 Å². The third kappa shape index (κ3) is 5.76. The van der Waals surface area contributed by atoms with Gasteiger partial charge in [-0.15, -0.1) is 0 Å². The molecular formula is C31H54O4Si2. The van der Waals surface area contributed by atoms with Crippen LogP contribution < -0.4 is 0 Å². The highest BCUT2D eigenvalue weighted by Gasteiger charge is 2.62. The van der Waals surface area contributed by atoms with Crippen molar-refractivity contribution < 1.29 is 18.4 Å². The highest BCUT2D eigenvalue weighted by molar-refractivity contribution is 6.70. The Kier molecular flexibility index (Phi) is 8.71. The fourth-order valence-electron chi connectivity index (χ4n) is 9.48. The lowest BCUT2D eigenvalue weighted by atomic mass is 9.45. The van der Waals surface area contributed by atoms with Crippen LogP contribution in [0.3, 0.4) is 0 Å². The lowest BCUT2D eigenvalue weighted by molar-refractivity contribution is -0.141.